The molecular weight excluding hydrogens is 212 g/mol. The Bertz CT molecular complexity index is 489. The molecular formula is C10H13ClN4. The van der Waals surface area contributed by atoms with Crippen molar-refractivity contribution in [3.8, 4) is 0 Å². The molecule has 0 saturated carbocycles. The Morgan fingerprint density at radius 2 is 2.20 bits per heavy atom. The highest BCUT2D eigenvalue weighted by Crippen LogP contribution is 2.21. The summed E-state index contributed by atoms with van der Waals surface area (Å²) in [4.78, 5) is 8.58. The lowest BCUT2D eigenvalue weighted by Gasteiger charge is -2.09. The zero-order valence-electron chi connectivity index (χ0n) is 8.95. The van der Waals surface area contributed by atoms with Gasteiger partial charge < -0.3 is 5.32 Å². The minimum Gasteiger partial charge on any atom is -0.358 e. The van der Waals surface area contributed by atoms with Crippen molar-refractivity contribution in [1.82, 2.24) is 14.4 Å². The molecule has 2 aromatic heterocycles. The van der Waals surface area contributed by atoms with Crippen LogP contribution in [-0.4, -0.2) is 21.4 Å². The number of halogens is 1. The molecule has 0 bridgehead atoms. The first-order chi connectivity index (χ1) is 7.13. The summed E-state index contributed by atoms with van der Waals surface area (Å²) in [5, 5.41) is 3.49. The number of fused-ring (bicyclic) bond motifs is 1. The lowest BCUT2D eigenvalue weighted by atomic mass is 10.2. The highest BCUT2D eigenvalue weighted by Gasteiger charge is 2.12. The van der Waals surface area contributed by atoms with E-state index >= 15 is 0 Å². The lowest BCUT2D eigenvalue weighted by molar-refractivity contribution is 0.767. The van der Waals surface area contributed by atoms with Crippen LogP contribution in [0.3, 0.4) is 0 Å². The van der Waals surface area contributed by atoms with E-state index in [1.54, 1.807) is 6.07 Å². The molecule has 1 N–H and O–H groups in total. The Kier molecular flexibility index (Phi) is 2.52. The first-order valence-electron chi connectivity index (χ1n) is 4.85. The van der Waals surface area contributed by atoms with Crippen LogP contribution in [0.2, 0.25) is 5.15 Å². The summed E-state index contributed by atoms with van der Waals surface area (Å²) < 4.78 is 1.98. The fraction of sp³-hybridized carbons (Fsp3) is 0.400. The van der Waals surface area contributed by atoms with E-state index in [2.05, 4.69) is 29.1 Å². The number of nitrogens with one attached hydrogen (secondary N) is 1. The molecule has 2 heterocycles. The fourth-order valence-corrected chi connectivity index (χ4v) is 1.78. The van der Waals surface area contributed by atoms with Gasteiger partial charge in [0, 0.05) is 19.0 Å². The van der Waals surface area contributed by atoms with Crippen LogP contribution in [0, 0.1) is 0 Å². The van der Waals surface area contributed by atoms with E-state index in [1.165, 1.54) is 0 Å². The molecule has 2 aromatic rings. The van der Waals surface area contributed by atoms with Gasteiger partial charge in [-0.15, -0.1) is 0 Å². The highest BCUT2D eigenvalue weighted by atomic mass is 35.5. The van der Waals surface area contributed by atoms with Crippen LogP contribution in [-0.2, 0) is 0 Å². The number of anilines is 1. The molecule has 0 aliphatic carbocycles. The highest BCUT2D eigenvalue weighted by molar-refractivity contribution is 6.29. The third kappa shape index (κ3) is 1.65. The maximum atomic E-state index is 5.90. The van der Waals surface area contributed by atoms with Gasteiger partial charge in [-0.25, -0.2) is 9.97 Å². The first kappa shape index (κ1) is 10.2. The zero-order chi connectivity index (χ0) is 11.0. The molecule has 15 heavy (non-hydrogen) atoms. The van der Waals surface area contributed by atoms with E-state index in [0.717, 1.165) is 17.3 Å². The Labute approximate surface area is 93.3 Å². The van der Waals surface area contributed by atoms with Gasteiger partial charge in [0.2, 0.25) is 5.95 Å². The largest absolute Gasteiger partial charge is 0.358 e. The molecule has 0 aromatic carbocycles. The van der Waals surface area contributed by atoms with Gasteiger partial charge in [-0.3, -0.25) is 4.40 Å². The molecule has 0 saturated heterocycles. The molecule has 0 unspecified atom stereocenters. The van der Waals surface area contributed by atoms with Crippen molar-refractivity contribution >= 4 is 23.1 Å². The summed E-state index contributed by atoms with van der Waals surface area (Å²) in [5.41, 5.74) is 0.961. The number of nitrogens with zero attached hydrogens (tertiary/aromatic N) is 3. The molecule has 0 spiro atoms. The number of rotatable bonds is 2. The van der Waals surface area contributed by atoms with Crippen LogP contribution in [0.15, 0.2) is 12.3 Å². The summed E-state index contributed by atoms with van der Waals surface area (Å²) in [5.74, 6) is 2.06. The van der Waals surface area contributed by atoms with E-state index < -0.39 is 0 Å². The second-order valence-electron chi connectivity index (χ2n) is 3.68. The zero-order valence-corrected chi connectivity index (χ0v) is 9.71. The Balaban J connectivity index is 2.77. The van der Waals surface area contributed by atoms with Gasteiger partial charge in [0.15, 0.2) is 0 Å². The molecule has 0 radical (unpaired) electrons. The topological polar surface area (TPSA) is 42.2 Å². The van der Waals surface area contributed by atoms with Gasteiger partial charge >= 0.3 is 0 Å². The van der Waals surface area contributed by atoms with Crippen molar-refractivity contribution < 1.29 is 0 Å². The molecule has 80 valence electrons. The van der Waals surface area contributed by atoms with Gasteiger partial charge in [-0.05, 0) is 0 Å². The second-order valence-corrected chi connectivity index (χ2v) is 4.07. The van der Waals surface area contributed by atoms with Gasteiger partial charge in [0.1, 0.15) is 11.0 Å². The van der Waals surface area contributed by atoms with Crippen molar-refractivity contribution in [2.75, 3.05) is 12.4 Å². The molecule has 0 aliphatic heterocycles. The van der Waals surface area contributed by atoms with Gasteiger partial charge in [-0.2, -0.15) is 0 Å². The van der Waals surface area contributed by atoms with Crippen LogP contribution in [0.5, 0.6) is 0 Å². The van der Waals surface area contributed by atoms with Crippen molar-refractivity contribution in [3.05, 3.63) is 23.2 Å². The molecule has 0 fully saturated rings. The molecule has 4 nitrogen and oxygen atoms in total. The molecule has 0 amide bonds. The van der Waals surface area contributed by atoms with E-state index in [9.17, 15) is 0 Å². The Hall–Kier alpha value is -1.29. The first-order valence-corrected chi connectivity index (χ1v) is 5.23. The van der Waals surface area contributed by atoms with Crippen LogP contribution in [0.4, 0.5) is 5.95 Å². The molecule has 0 atom stereocenters. The van der Waals surface area contributed by atoms with Gasteiger partial charge in [-0.1, -0.05) is 25.4 Å². The minimum absolute atomic E-state index is 0.350. The van der Waals surface area contributed by atoms with Gasteiger partial charge in [0.05, 0.1) is 11.7 Å². The van der Waals surface area contributed by atoms with Crippen LogP contribution in [0.25, 0.3) is 5.52 Å². The SMILES string of the molecule is CNc1nc(Cl)cc2cnc(C(C)C)n12. The van der Waals surface area contributed by atoms with E-state index in [1.807, 2.05) is 17.6 Å². The second kappa shape index (κ2) is 3.70. The summed E-state index contributed by atoms with van der Waals surface area (Å²) in [7, 11) is 1.82. The predicted molar refractivity (Wildman–Crippen MR) is 61.6 cm³/mol. The molecule has 5 heteroatoms. The Morgan fingerprint density at radius 3 is 2.80 bits per heavy atom. The van der Waals surface area contributed by atoms with Crippen molar-refractivity contribution in [2.24, 2.45) is 0 Å². The summed E-state index contributed by atoms with van der Waals surface area (Å²) in [6, 6.07) is 1.81. The fourth-order valence-electron chi connectivity index (χ4n) is 1.59. The molecule has 0 aliphatic rings. The number of hydrogen-bond acceptors (Lipinski definition) is 3. The standard InChI is InChI=1S/C10H13ClN4/c1-6(2)9-13-5-7-4-8(11)14-10(12-3)15(7)9/h4-6H,1-3H3,(H,12,14). The predicted octanol–water partition coefficient (Wildman–Crippen LogP) is 2.55. The lowest BCUT2D eigenvalue weighted by Crippen LogP contribution is -2.05. The summed E-state index contributed by atoms with van der Waals surface area (Å²) in [6.07, 6.45) is 1.81. The minimum atomic E-state index is 0.350. The maximum Gasteiger partial charge on any atom is 0.210 e. The quantitative estimate of drug-likeness (QED) is 0.798. The summed E-state index contributed by atoms with van der Waals surface area (Å²) >= 11 is 5.90. The normalized spacial score (nSPS) is 11.3. The van der Waals surface area contributed by atoms with Crippen molar-refractivity contribution in [3.63, 3.8) is 0 Å². The third-order valence-corrected chi connectivity index (χ3v) is 2.44. The van der Waals surface area contributed by atoms with Crippen molar-refractivity contribution in [2.45, 2.75) is 19.8 Å². The average molecular weight is 225 g/mol. The number of imidazole rings is 1. The average Bonchev–Trinajstić information content (AvgIpc) is 2.59. The van der Waals surface area contributed by atoms with E-state index in [4.69, 9.17) is 11.6 Å². The third-order valence-electron chi connectivity index (χ3n) is 2.25. The van der Waals surface area contributed by atoms with Crippen LogP contribution in [0.1, 0.15) is 25.6 Å². The smallest absolute Gasteiger partial charge is 0.210 e. The van der Waals surface area contributed by atoms with Crippen LogP contribution < -0.4 is 5.32 Å². The van der Waals surface area contributed by atoms with E-state index in [-0.39, 0.29) is 0 Å². The van der Waals surface area contributed by atoms with Crippen molar-refractivity contribution in [1.29, 1.82) is 0 Å². The van der Waals surface area contributed by atoms with Crippen LogP contribution >= 0.6 is 11.6 Å². The number of hydrogen-bond donors (Lipinski definition) is 1. The summed E-state index contributed by atoms with van der Waals surface area (Å²) in [6.45, 7) is 4.20. The monoisotopic (exact) mass is 224 g/mol. The Morgan fingerprint density at radius 1 is 1.47 bits per heavy atom. The van der Waals surface area contributed by atoms with Gasteiger partial charge in [0.25, 0.3) is 0 Å². The van der Waals surface area contributed by atoms with E-state index in [0.29, 0.717) is 11.1 Å². The number of aromatic nitrogens is 3. The molecule has 2 rings (SSSR count). The maximum absolute atomic E-state index is 5.90.